The Bertz CT molecular complexity index is 496. The molecular weight excluding hydrogens is 248 g/mol. The van der Waals surface area contributed by atoms with E-state index >= 15 is 0 Å². The summed E-state index contributed by atoms with van der Waals surface area (Å²) in [5, 5.41) is 2.59. The van der Waals surface area contributed by atoms with Gasteiger partial charge in [-0.1, -0.05) is 19.1 Å². The summed E-state index contributed by atoms with van der Waals surface area (Å²) in [7, 11) is -1.32. The van der Waals surface area contributed by atoms with Crippen LogP contribution in [-0.2, 0) is 16.3 Å². The third-order valence-corrected chi connectivity index (χ3v) is 5.37. The molecule has 18 heavy (non-hydrogen) atoms. The Morgan fingerprint density at radius 2 is 2.00 bits per heavy atom. The predicted octanol–water partition coefficient (Wildman–Crippen LogP) is 0.884. The van der Waals surface area contributed by atoms with Crippen molar-refractivity contribution in [2.24, 2.45) is 0 Å². The van der Waals surface area contributed by atoms with Gasteiger partial charge in [-0.15, -0.1) is 0 Å². The molecule has 0 radical (unpaired) electrons. The molecule has 1 unspecified atom stereocenters. The van der Waals surface area contributed by atoms with Gasteiger partial charge in [-0.2, -0.15) is 0 Å². The minimum absolute atomic E-state index is 0.410. The molecule has 2 rings (SSSR count). The molecule has 1 heterocycles. The van der Waals surface area contributed by atoms with Crippen LogP contribution in [0.2, 0.25) is 0 Å². The molecule has 0 amide bonds. The van der Waals surface area contributed by atoms with E-state index in [0.29, 0.717) is 18.0 Å². The molecule has 1 saturated heterocycles. The van der Waals surface area contributed by atoms with Crippen LogP contribution < -0.4 is 5.32 Å². The standard InChI is InChI=1S/C13H20N2O2S/c1-3-11-4-6-12(7-5-11)18(16,17)13-10-15(2)9-8-14-13/h4-7,13-14H,3,8-10H2,1-2H3. The van der Waals surface area contributed by atoms with Gasteiger partial charge >= 0.3 is 0 Å². The van der Waals surface area contributed by atoms with Crippen molar-refractivity contribution in [3.63, 3.8) is 0 Å². The molecule has 1 aliphatic rings. The molecule has 1 N–H and O–H groups in total. The van der Waals surface area contributed by atoms with Crippen LogP contribution in [0.3, 0.4) is 0 Å². The van der Waals surface area contributed by atoms with Crippen LogP contribution in [0, 0.1) is 0 Å². The van der Waals surface area contributed by atoms with E-state index in [1.54, 1.807) is 12.1 Å². The number of benzene rings is 1. The second kappa shape index (κ2) is 5.38. The van der Waals surface area contributed by atoms with E-state index in [-0.39, 0.29) is 0 Å². The van der Waals surface area contributed by atoms with Crippen LogP contribution in [0.15, 0.2) is 29.2 Å². The lowest BCUT2D eigenvalue weighted by molar-refractivity contribution is 0.272. The average molecular weight is 268 g/mol. The zero-order chi connectivity index (χ0) is 13.2. The SMILES string of the molecule is CCc1ccc(S(=O)(=O)C2CN(C)CCN2)cc1. The number of rotatable bonds is 3. The van der Waals surface area contributed by atoms with Crippen molar-refractivity contribution in [1.29, 1.82) is 0 Å². The molecule has 1 atom stereocenters. The van der Waals surface area contributed by atoms with Gasteiger partial charge in [0.2, 0.25) is 0 Å². The van der Waals surface area contributed by atoms with Gasteiger partial charge in [-0.25, -0.2) is 8.42 Å². The second-order valence-electron chi connectivity index (χ2n) is 4.75. The van der Waals surface area contributed by atoms with E-state index in [1.165, 1.54) is 0 Å². The summed E-state index contributed by atoms with van der Waals surface area (Å²) in [4.78, 5) is 2.45. The summed E-state index contributed by atoms with van der Waals surface area (Å²) in [6.45, 7) is 4.20. The second-order valence-corrected chi connectivity index (χ2v) is 6.88. The summed E-state index contributed by atoms with van der Waals surface area (Å²) in [6, 6.07) is 7.20. The smallest absolute Gasteiger partial charge is 0.195 e. The van der Waals surface area contributed by atoms with Gasteiger partial charge in [-0.05, 0) is 31.2 Å². The number of hydrogen-bond donors (Lipinski definition) is 1. The topological polar surface area (TPSA) is 49.4 Å². The Kier molecular flexibility index (Phi) is 4.04. The molecule has 0 bridgehead atoms. The highest BCUT2D eigenvalue weighted by atomic mass is 32.2. The van der Waals surface area contributed by atoms with E-state index < -0.39 is 15.2 Å². The number of hydrogen-bond acceptors (Lipinski definition) is 4. The van der Waals surface area contributed by atoms with E-state index in [4.69, 9.17) is 0 Å². The summed E-state index contributed by atoms with van der Waals surface area (Å²) in [5.41, 5.74) is 1.16. The fraction of sp³-hybridized carbons (Fsp3) is 0.538. The molecule has 0 aromatic heterocycles. The molecule has 0 aliphatic carbocycles. The number of piperazine rings is 1. The first-order valence-corrected chi connectivity index (χ1v) is 7.83. The van der Waals surface area contributed by atoms with Crippen LogP contribution in [0.25, 0.3) is 0 Å². The lowest BCUT2D eigenvalue weighted by Gasteiger charge is -2.30. The molecule has 0 saturated carbocycles. The number of nitrogens with zero attached hydrogens (tertiary/aromatic N) is 1. The Hall–Kier alpha value is -0.910. The summed E-state index contributed by atoms with van der Waals surface area (Å²) in [5.74, 6) is 0. The van der Waals surface area contributed by atoms with Gasteiger partial charge in [0.1, 0.15) is 5.37 Å². The molecule has 100 valence electrons. The molecule has 1 aromatic carbocycles. The molecule has 4 nitrogen and oxygen atoms in total. The zero-order valence-corrected chi connectivity index (χ0v) is 11.7. The van der Waals surface area contributed by atoms with Gasteiger partial charge in [-0.3, -0.25) is 5.32 Å². The van der Waals surface area contributed by atoms with Gasteiger partial charge in [0, 0.05) is 19.6 Å². The molecule has 0 spiro atoms. The van der Waals surface area contributed by atoms with Crippen LogP contribution in [-0.4, -0.2) is 45.4 Å². The first-order valence-electron chi connectivity index (χ1n) is 6.29. The third kappa shape index (κ3) is 2.74. The number of nitrogens with one attached hydrogen (secondary N) is 1. The summed E-state index contributed by atoms with van der Waals surface area (Å²) in [6.07, 6.45) is 0.921. The number of sulfone groups is 1. The molecule has 1 aromatic rings. The van der Waals surface area contributed by atoms with Gasteiger partial charge < -0.3 is 4.90 Å². The Balaban J connectivity index is 2.23. The van der Waals surface area contributed by atoms with Crippen molar-refractivity contribution >= 4 is 9.84 Å². The van der Waals surface area contributed by atoms with Crippen LogP contribution in [0.5, 0.6) is 0 Å². The molecule has 1 fully saturated rings. The lowest BCUT2D eigenvalue weighted by Crippen LogP contribution is -2.52. The molecular formula is C13H20N2O2S. The predicted molar refractivity (Wildman–Crippen MR) is 72.3 cm³/mol. The summed E-state index contributed by atoms with van der Waals surface area (Å²) >= 11 is 0. The van der Waals surface area contributed by atoms with Gasteiger partial charge in [0.05, 0.1) is 4.90 Å². The minimum Gasteiger partial charge on any atom is -0.302 e. The monoisotopic (exact) mass is 268 g/mol. The largest absolute Gasteiger partial charge is 0.302 e. The normalized spacial score (nSPS) is 22.0. The fourth-order valence-corrected chi connectivity index (χ4v) is 3.77. The van der Waals surface area contributed by atoms with Crippen LogP contribution >= 0.6 is 0 Å². The first-order chi connectivity index (χ1) is 8.54. The third-order valence-electron chi connectivity index (χ3n) is 3.38. The van der Waals surface area contributed by atoms with Crippen molar-refractivity contribution < 1.29 is 8.42 Å². The van der Waals surface area contributed by atoms with Crippen LogP contribution in [0.4, 0.5) is 0 Å². The van der Waals surface area contributed by atoms with Crippen molar-refractivity contribution in [3.05, 3.63) is 29.8 Å². The maximum atomic E-state index is 12.4. The maximum Gasteiger partial charge on any atom is 0.195 e. The first kappa shape index (κ1) is 13.5. The quantitative estimate of drug-likeness (QED) is 0.884. The van der Waals surface area contributed by atoms with E-state index in [0.717, 1.165) is 18.5 Å². The Morgan fingerprint density at radius 3 is 2.56 bits per heavy atom. The van der Waals surface area contributed by atoms with Crippen molar-refractivity contribution in [1.82, 2.24) is 10.2 Å². The van der Waals surface area contributed by atoms with Gasteiger partial charge in [0.15, 0.2) is 9.84 Å². The average Bonchev–Trinajstić information content (AvgIpc) is 2.39. The van der Waals surface area contributed by atoms with Gasteiger partial charge in [0.25, 0.3) is 0 Å². The number of aryl methyl sites for hydroxylation is 1. The lowest BCUT2D eigenvalue weighted by atomic mass is 10.2. The van der Waals surface area contributed by atoms with Crippen molar-refractivity contribution in [3.8, 4) is 0 Å². The number of likely N-dealkylation sites (N-methyl/N-ethyl adjacent to an activating group) is 1. The Morgan fingerprint density at radius 1 is 1.33 bits per heavy atom. The summed E-state index contributed by atoms with van der Waals surface area (Å²) < 4.78 is 24.9. The van der Waals surface area contributed by atoms with E-state index in [9.17, 15) is 8.42 Å². The highest BCUT2D eigenvalue weighted by Gasteiger charge is 2.30. The molecule has 1 aliphatic heterocycles. The maximum absolute atomic E-state index is 12.4. The van der Waals surface area contributed by atoms with Crippen molar-refractivity contribution in [2.75, 3.05) is 26.7 Å². The Labute approximate surface area is 109 Å². The molecule has 5 heteroatoms. The van der Waals surface area contributed by atoms with Crippen LogP contribution in [0.1, 0.15) is 12.5 Å². The minimum atomic E-state index is -3.27. The highest BCUT2D eigenvalue weighted by molar-refractivity contribution is 7.92. The van der Waals surface area contributed by atoms with Crippen molar-refractivity contribution in [2.45, 2.75) is 23.6 Å². The highest BCUT2D eigenvalue weighted by Crippen LogP contribution is 2.17. The zero-order valence-electron chi connectivity index (χ0n) is 10.9. The fourth-order valence-electron chi connectivity index (χ4n) is 2.14. The van der Waals surface area contributed by atoms with E-state index in [1.807, 2.05) is 24.1 Å². The van der Waals surface area contributed by atoms with E-state index in [2.05, 4.69) is 12.2 Å².